The Hall–Kier alpha value is -1.88. The molecule has 1 rings (SSSR count). The summed E-state index contributed by atoms with van der Waals surface area (Å²) in [6.07, 6.45) is 0.584. The second-order valence-corrected chi connectivity index (χ2v) is 5.38. The molecule has 1 atom stereocenters. The number of hydrogen-bond donors (Lipinski definition) is 2. The molecular weight excluding hydrogens is 270 g/mol. The summed E-state index contributed by atoms with van der Waals surface area (Å²) in [4.78, 5) is 22.7. The number of benzene rings is 1. The Morgan fingerprint density at radius 1 is 1.24 bits per heavy atom. The van der Waals surface area contributed by atoms with Crippen molar-refractivity contribution in [1.82, 2.24) is 5.32 Å². The smallest absolute Gasteiger partial charge is 0.326 e. The summed E-state index contributed by atoms with van der Waals surface area (Å²) in [6.45, 7) is 4.56. The van der Waals surface area contributed by atoms with Gasteiger partial charge in [0.05, 0.1) is 13.2 Å². The largest absolute Gasteiger partial charge is 0.480 e. The number of ether oxygens (including phenoxy) is 1. The second kappa shape index (κ2) is 9.13. The average molecular weight is 293 g/mol. The molecule has 0 radical (unpaired) electrons. The van der Waals surface area contributed by atoms with Crippen LogP contribution in [0.5, 0.6) is 0 Å². The number of carboxylic acid groups (broad SMARTS) is 1. The SMILES string of the molecule is CC(C)C[C@H](NC(=O)CCOCc1ccccc1)C(=O)O. The van der Waals surface area contributed by atoms with Crippen LogP contribution in [-0.4, -0.2) is 29.6 Å². The van der Waals surface area contributed by atoms with Gasteiger partial charge in [-0.05, 0) is 17.9 Å². The van der Waals surface area contributed by atoms with Crippen LogP contribution < -0.4 is 5.32 Å². The number of carboxylic acids is 1. The predicted octanol–water partition coefficient (Wildman–Crippen LogP) is 2.21. The Morgan fingerprint density at radius 2 is 1.90 bits per heavy atom. The van der Waals surface area contributed by atoms with Gasteiger partial charge in [0.25, 0.3) is 0 Å². The van der Waals surface area contributed by atoms with Crippen LogP contribution in [0, 0.1) is 5.92 Å². The Labute approximate surface area is 125 Å². The molecule has 5 heteroatoms. The van der Waals surface area contributed by atoms with E-state index < -0.39 is 12.0 Å². The third-order valence-corrected chi connectivity index (χ3v) is 2.93. The van der Waals surface area contributed by atoms with E-state index >= 15 is 0 Å². The molecule has 5 nitrogen and oxygen atoms in total. The van der Waals surface area contributed by atoms with Gasteiger partial charge in [-0.15, -0.1) is 0 Å². The molecule has 0 aromatic heterocycles. The maximum atomic E-state index is 11.7. The van der Waals surface area contributed by atoms with E-state index in [-0.39, 0.29) is 24.9 Å². The third kappa shape index (κ3) is 7.46. The van der Waals surface area contributed by atoms with Crippen molar-refractivity contribution >= 4 is 11.9 Å². The van der Waals surface area contributed by atoms with Gasteiger partial charge in [0.2, 0.25) is 5.91 Å². The Balaban J connectivity index is 2.25. The summed E-state index contributed by atoms with van der Waals surface area (Å²) < 4.78 is 5.41. The Bertz CT molecular complexity index is 445. The number of aliphatic carboxylic acids is 1. The van der Waals surface area contributed by atoms with Gasteiger partial charge in [-0.25, -0.2) is 4.79 Å². The van der Waals surface area contributed by atoms with Crippen molar-refractivity contribution in [3.05, 3.63) is 35.9 Å². The Morgan fingerprint density at radius 3 is 2.48 bits per heavy atom. The normalized spacial score (nSPS) is 12.1. The highest BCUT2D eigenvalue weighted by atomic mass is 16.5. The molecule has 1 aromatic rings. The van der Waals surface area contributed by atoms with Gasteiger partial charge in [-0.2, -0.15) is 0 Å². The van der Waals surface area contributed by atoms with Crippen LogP contribution in [0.3, 0.4) is 0 Å². The van der Waals surface area contributed by atoms with Crippen LogP contribution in [0.25, 0.3) is 0 Å². The molecule has 0 fully saturated rings. The monoisotopic (exact) mass is 293 g/mol. The highest BCUT2D eigenvalue weighted by Gasteiger charge is 2.20. The van der Waals surface area contributed by atoms with Crippen LogP contribution in [0.15, 0.2) is 30.3 Å². The zero-order chi connectivity index (χ0) is 15.7. The third-order valence-electron chi connectivity index (χ3n) is 2.93. The van der Waals surface area contributed by atoms with E-state index in [9.17, 15) is 9.59 Å². The first-order valence-corrected chi connectivity index (χ1v) is 7.13. The van der Waals surface area contributed by atoms with Gasteiger partial charge in [0.15, 0.2) is 0 Å². The number of amides is 1. The maximum Gasteiger partial charge on any atom is 0.326 e. The number of carbonyl (C=O) groups excluding carboxylic acids is 1. The molecule has 0 aliphatic carbocycles. The van der Waals surface area contributed by atoms with Gasteiger partial charge in [0, 0.05) is 6.42 Å². The van der Waals surface area contributed by atoms with Gasteiger partial charge in [-0.1, -0.05) is 44.2 Å². The molecule has 21 heavy (non-hydrogen) atoms. The minimum absolute atomic E-state index is 0.161. The lowest BCUT2D eigenvalue weighted by atomic mass is 10.0. The summed E-state index contributed by atoms with van der Waals surface area (Å²) in [5.41, 5.74) is 1.04. The highest BCUT2D eigenvalue weighted by molar-refractivity contribution is 5.83. The Kier molecular flexibility index (Phi) is 7.46. The van der Waals surface area contributed by atoms with Gasteiger partial charge < -0.3 is 15.2 Å². The van der Waals surface area contributed by atoms with Crippen molar-refractivity contribution < 1.29 is 19.4 Å². The zero-order valence-corrected chi connectivity index (χ0v) is 12.5. The van der Waals surface area contributed by atoms with Crippen LogP contribution in [-0.2, 0) is 20.9 Å². The van der Waals surface area contributed by atoms with E-state index in [1.165, 1.54) is 0 Å². The number of rotatable bonds is 9. The zero-order valence-electron chi connectivity index (χ0n) is 12.5. The van der Waals surface area contributed by atoms with E-state index in [0.717, 1.165) is 5.56 Å². The van der Waals surface area contributed by atoms with Crippen molar-refractivity contribution in [3.8, 4) is 0 Å². The van der Waals surface area contributed by atoms with Gasteiger partial charge in [-0.3, -0.25) is 4.79 Å². The number of carbonyl (C=O) groups is 2. The fourth-order valence-corrected chi connectivity index (χ4v) is 1.89. The van der Waals surface area contributed by atoms with E-state index in [1.807, 2.05) is 44.2 Å². The lowest BCUT2D eigenvalue weighted by molar-refractivity contribution is -0.142. The fourth-order valence-electron chi connectivity index (χ4n) is 1.89. The number of hydrogen-bond acceptors (Lipinski definition) is 3. The number of nitrogens with one attached hydrogen (secondary N) is 1. The van der Waals surface area contributed by atoms with Crippen molar-refractivity contribution in [2.75, 3.05) is 6.61 Å². The van der Waals surface area contributed by atoms with E-state index in [4.69, 9.17) is 9.84 Å². The highest BCUT2D eigenvalue weighted by Crippen LogP contribution is 2.05. The van der Waals surface area contributed by atoms with Crippen molar-refractivity contribution in [2.24, 2.45) is 5.92 Å². The first-order chi connectivity index (χ1) is 9.99. The lowest BCUT2D eigenvalue weighted by Crippen LogP contribution is -2.41. The minimum atomic E-state index is -0.998. The molecule has 0 bridgehead atoms. The van der Waals surface area contributed by atoms with E-state index in [0.29, 0.717) is 13.0 Å². The van der Waals surface area contributed by atoms with Gasteiger partial charge in [0.1, 0.15) is 6.04 Å². The van der Waals surface area contributed by atoms with Crippen LogP contribution >= 0.6 is 0 Å². The molecule has 2 N–H and O–H groups in total. The molecular formula is C16H23NO4. The molecule has 0 saturated heterocycles. The van der Waals surface area contributed by atoms with E-state index in [2.05, 4.69) is 5.32 Å². The summed E-state index contributed by atoms with van der Waals surface area (Å²) in [5, 5.41) is 11.6. The van der Waals surface area contributed by atoms with E-state index in [1.54, 1.807) is 0 Å². The van der Waals surface area contributed by atoms with Gasteiger partial charge >= 0.3 is 5.97 Å². The quantitative estimate of drug-likeness (QED) is 0.684. The second-order valence-electron chi connectivity index (χ2n) is 5.38. The molecule has 0 saturated carbocycles. The first kappa shape index (κ1) is 17.2. The summed E-state index contributed by atoms with van der Waals surface area (Å²) >= 11 is 0. The molecule has 0 heterocycles. The van der Waals surface area contributed by atoms with Crippen molar-refractivity contribution in [1.29, 1.82) is 0 Å². The molecule has 0 unspecified atom stereocenters. The predicted molar refractivity (Wildman–Crippen MR) is 79.7 cm³/mol. The van der Waals surface area contributed by atoms with Crippen molar-refractivity contribution in [2.45, 2.75) is 39.3 Å². The average Bonchev–Trinajstić information content (AvgIpc) is 2.43. The molecule has 0 spiro atoms. The van der Waals surface area contributed by atoms with Crippen LogP contribution in [0.4, 0.5) is 0 Å². The maximum absolute atomic E-state index is 11.7. The summed E-state index contributed by atoms with van der Waals surface area (Å²) in [6, 6.07) is 8.85. The minimum Gasteiger partial charge on any atom is -0.480 e. The molecule has 1 aromatic carbocycles. The summed E-state index contributed by atoms with van der Waals surface area (Å²) in [5.74, 6) is -1.08. The molecule has 0 aliphatic heterocycles. The van der Waals surface area contributed by atoms with Crippen molar-refractivity contribution in [3.63, 3.8) is 0 Å². The molecule has 1 amide bonds. The fraction of sp³-hybridized carbons (Fsp3) is 0.500. The van der Waals surface area contributed by atoms with Crippen LogP contribution in [0.2, 0.25) is 0 Å². The lowest BCUT2D eigenvalue weighted by Gasteiger charge is -2.16. The first-order valence-electron chi connectivity index (χ1n) is 7.13. The molecule has 0 aliphatic rings. The summed E-state index contributed by atoms with van der Waals surface area (Å²) in [7, 11) is 0. The van der Waals surface area contributed by atoms with Crippen LogP contribution in [0.1, 0.15) is 32.3 Å². The topological polar surface area (TPSA) is 75.6 Å². The standard InChI is InChI=1S/C16H23NO4/c1-12(2)10-14(16(19)20)17-15(18)8-9-21-11-13-6-4-3-5-7-13/h3-7,12,14H,8-11H2,1-2H3,(H,17,18)(H,19,20)/t14-/m0/s1. The molecule has 116 valence electrons.